The van der Waals surface area contributed by atoms with Crippen LogP contribution in [-0.2, 0) is 13.0 Å². The molecular formula is C26H22ClNO4. The molecule has 0 saturated carbocycles. The van der Waals surface area contributed by atoms with Crippen molar-refractivity contribution in [1.82, 2.24) is 4.90 Å². The highest BCUT2D eigenvalue weighted by Gasteiger charge is 2.23. The monoisotopic (exact) mass is 447 g/mol. The zero-order valence-electron chi connectivity index (χ0n) is 17.6. The number of halogens is 1. The van der Waals surface area contributed by atoms with Crippen LogP contribution in [0.1, 0.15) is 11.1 Å². The average molecular weight is 448 g/mol. The van der Waals surface area contributed by atoms with Crippen LogP contribution in [0.5, 0.6) is 11.5 Å². The van der Waals surface area contributed by atoms with Crippen molar-refractivity contribution >= 4 is 22.6 Å². The maximum Gasteiger partial charge on any atom is 0.200 e. The zero-order chi connectivity index (χ0) is 22.1. The van der Waals surface area contributed by atoms with Crippen molar-refractivity contribution in [2.45, 2.75) is 13.0 Å². The second kappa shape index (κ2) is 8.69. The normalized spacial score (nSPS) is 13.6. The van der Waals surface area contributed by atoms with Gasteiger partial charge in [-0.1, -0.05) is 41.9 Å². The fraction of sp³-hybridized carbons (Fsp3) is 0.192. The predicted molar refractivity (Wildman–Crippen MR) is 126 cm³/mol. The lowest BCUT2D eigenvalue weighted by Crippen LogP contribution is -2.33. The van der Waals surface area contributed by atoms with E-state index in [1.165, 1.54) is 6.26 Å². The molecule has 6 heteroatoms. The second-order valence-electron chi connectivity index (χ2n) is 7.79. The lowest BCUT2D eigenvalue weighted by Gasteiger charge is -2.29. The molecule has 0 fully saturated rings. The summed E-state index contributed by atoms with van der Waals surface area (Å²) in [6, 6.07) is 18.8. The number of rotatable bonds is 5. The van der Waals surface area contributed by atoms with Crippen LogP contribution < -0.4 is 14.9 Å². The van der Waals surface area contributed by atoms with E-state index in [-0.39, 0.29) is 5.43 Å². The Hall–Kier alpha value is -3.28. The van der Waals surface area contributed by atoms with Gasteiger partial charge in [-0.25, -0.2) is 0 Å². The molecule has 0 amide bonds. The number of hydrogen-bond donors (Lipinski definition) is 0. The Balaban J connectivity index is 1.43. The molecule has 5 rings (SSSR count). The van der Waals surface area contributed by atoms with E-state index >= 15 is 0 Å². The first-order valence-electron chi connectivity index (χ1n) is 10.4. The van der Waals surface area contributed by atoms with Gasteiger partial charge in [0.1, 0.15) is 30.1 Å². The Kier molecular flexibility index (Phi) is 5.60. The minimum atomic E-state index is -0.0671. The molecule has 1 aliphatic rings. The molecule has 1 aliphatic heterocycles. The first-order chi connectivity index (χ1) is 15.6. The average Bonchev–Trinajstić information content (AvgIpc) is 2.83. The number of nitrogens with zero attached hydrogens (tertiary/aromatic N) is 1. The summed E-state index contributed by atoms with van der Waals surface area (Å²) in [6.07, 6.45) is 2.36. The number of fused-ring (bicyclic) bond motifs is 3. The fourth-order valence-electron chi connectivity index (χ4n) is 4.11. The quantitative estimate of drug-likeness (QED) is 0.403. The maximum atomic E-state index is 13.2. The van der Waals surface area contributed by atoms with Gasteiger partial charge < -0.3 is 13.9 Å². The molecule has 1 aromatic heterocycles. The van der Waals surface area contributed by atoms with Gasteiger partial charge in [0.15, 0.2) is 0 Å². The Morgan fingerprint density at radius 3 is 2.69 bits per heavy atom. The highest BCUT2D eigenvalue weighted by molar-refractivity contribution is 6.30. The van der Waals surface area contributed by atoms with E-state index in [0.717, 1.165) is 41.2 Å². The molecule has 0 aliphatic carbocycles. The summed E-state index contributed by atoms with van der Waals surface area (Å²) in [4.78, 5) is 15.4. The molecule has 162 valence electrons. The Morgan fingerprint density at radius 2 is 1.88 bits per heavy atom. The number of para-hydroxylation sites is 1. The van der Waals surface area contributed by atoms with Crippen LogP contribution in [0.25, 0.3) is 22.1 Å². The fourth-order valence-corrected chi connectivity index (χ4v) is 4.24. The van der Waals surface area contributed by atoms with Crippen molar-refractivity contribution in [3.8, 4) is 22.6 Å². The molecule has 0 saturated heterocycles. The van der Waals surface area contributed by atoms with Crippen molar-refractivity contribution in [3.05, 3.63) is 93.3 Å². The van der Waals surface area contributed by atoms with Gasteiger partial charge in [-0.15, -0.1) is 0 Å². The number of ether oxygens (including phenoxy) is 2. The number of methoxy groups -OCH3 is 1. The lowest BCUT2D eigenvalue weighted by molar-refractivity contribution is 0.0966. The van der Waals surface area contributed by atoms with Crippen LogP contribution in [0.4, 0.5) is 0 Å². The van der Waals surface area contributed by atoms with Crippen molar-refractivity contribution in [2.24, 2.45) is 0 Å². The summed E-state index contributed by atoms with van der Waals surface area (Å²) in [6.45, 7) is 1.93. The van der Waals surface area contributed by atoms with Gasteiger partial charge in [-0.3, -0.25) is 9.69 Å². The van der Waals surface area contributed by atoms with E-state index < -0.39 is 0 Å². The van der Waals surface area contributed by atoms with Crippen molar-refractivity contribution in [3.63, 3.8) is 0 Å². The minimum Gasteiger partial charge on any atom is -0.496 e. The third-order valence-corrected chi connectivity index (χ3v) is 6.08. The molecule has 0 bridgehead atoms. The maximum absolute atomic E-state index is 13.2. The lowest BCUT2D eigenvalue weighted by atomic mass is 10.0. The molecule has 2 heterocycles. The molecule has 0 unspecified atom stereocenters. The van der Waals surface area contributed by atoms with E-state index in [0.29, 0.717) is 34.8 Å². The van der Waals surface area contributed by atoms with Crippen LogP contribution in [0.3, 0.4) is 0 Å². The summed E-state index contributed by atoms with van der Waals surface area (Å²) >= 11 is 5.98. The SMILES string of the molecule is COc1ccccc1CCN1COc2ccc3c(=O)c(-c4ccc(Cl)cc4)coc3c2C1. The molecule has 32 heavy (non-hydrogen) atoms. The summed E-state index contributed by atoms with van der Waals surface area (Å²) in [5.41, 5.74) is 3.84. The molecule has 3 aromatic carbocycles. The highest BCUT2D eigenvalue weighted by atomic mass is 35.5. The van der Waals surface area contributed by atoms with E-state index in [9.17, 15) is 4.79 Å². The Bertz CT molecular complexity index is 1330. The largest absolute Gasteiger partial charge is 0.496 e. The van der Waals surface area contributed by atoms with E-state index in [1.54, 1.807) is 25.3 Å². The standard InChI is InChI=1S/C26H22ClNO4/c1-30-23-5-3-2-4-18(23)12-13-28-14-21-24(32-16-28)11-10-20-25(29)22(15-31-26(20)21)17-6-8-19(27)9-7-17/h2-11,15H,12-14,16H2,1H3. The molecule has 4 aromatic rings. The zero-order valence-corrected chi connectivity index (χ0v) is 18.4. The second-order valence-corrected chi connectivity index (χ2v) is 8.23. The summed E-state index contributed by atoms with van der Waals surface area (Å²) in [7, 11) is 1.69. The first kappa shape index (κ1) is 20.6. The van der Waals surface area contributed by atoms with Gasteiger partial charge >= 0.3 is 0 Å². The van der Waals surface area contributed by atoms with Gasteiger partial charge in [-0.05, 0) is 47.9 Å². The minimum absolute atomic E-state index is 0.0671. The van der Waals surface area contributed by atoms with E-state index in [1.807, 2.05) is 36.4 Å². The summed E-state index contributed by atoms with van der Waals surface area (Å²) in [5.74, 6) is 1.64. The third-order valence-electron chi connectivity index (χ3n) is 5.83. The molecule has 0 atom stereocenters. The Morgan fingerprint density at radius 1 is 1.06 bits per heavy atom. The van der Waals surface area contributed by atoms with Gasteiger partial charge in [-0.2, -0.15) is 0 Å². The summed E-state index contributed by atoms with van der Waals surface area (Å²) < 4.78 is 17.4. The van der Waals surface area contributed by atoms with Crippen molar-refractivity contribution in [1.29, 1.82) is 0 Å². The first-order valence-corrected chi connectivity index (χ1v) is 10.8. The van der Waals surface area contributed by atoms with E-state index in [4.69, 9.17) is 25.5 Å². The predicted octanol–water partition coefficient (Wildman–Crippen LogP) is 5.52. The van der Waals surface area contributed by atoms with Crippen LogP contribution >= 0.6 is 11.6 Å². The van der Waals surface area contributed by atoms with Crippen LogP contribution in [-0.4, -0.2) is 25.3 Å². The third kappa shape index (κ3) is 3.85. The number of benzene rings is 3. The van der Waals surface area contributed by atoms with Gasteiger partial charge in [0.05, 0.1) is 23.6 Å². The van der Waals surface area contributed by atoms with Crippen molar-refractivity contribution < 1.29 is 13.9 Å². The molecule has 0 spiro atoms. The highest BCUT2D eigenvalue weighted by Crippen LogP contribution is 2.33. The van der Waals surface area contributed by atoms with Gasteiger partial charge in [0.2, 0.25) is 5.43 Å². The topological polar surface area (TPSA) is 51.9 Å². The molecule has 0 radical (unpaired) electrons. The molecular weight excluding hydrogens is 426 g/mol. The van der Waals surface area contributed by atoms with Gasteiger partial charge in [0, 0.05) is 18.1 Å². The van der Waals surface area contributed by atoms with Gasteiger partial charge in [0.25, 0.3) is 0 Å². The molecule has 5 nitrogen and oxygen atoms in total. The van der Waals surface area contributed by atoms with Crippen molar-refractivity contribution in [2.75, 3.05) is 20.4 Å². The van der Waals surface area contributed by atoms with Crippen LogP contribution in [0.2, 0.25) is 5.02 Å². The van der Waals surface area contributed by atoms with E-state index in [2.05, 4.69) is 11.0 Å². The van der Waals surface area contributed by atoms with Crippen LogP contribution in [0.15, 0.2) is 76.1 Å². The summed E-state index contributed by atoms with van der Waals surface area (Å²) in [5, 5.41) is 1.17. The smallest absolute Gasteiger partial charge is 0.200 e. The molecule has 0 N–H and O–H groups in total. The van der Waals surface area contributed by atoms with Crippen LogP contribution in [0, 0.1) is 0 Å². The Labute approximate surface area is 190 Å². The number of hydrogen-bond acceptors (Lipinski definition) is 5.